The zero-order chi connectivity index (χ0) is 18.8. The molecule has 0 unspecified atom stereocenters. The highest BCUT2D eigenvalue weighted by molar-refractivity contribution is 5.87. The van der Waals surface area contributed by atoms with Gasteiger partial charge in [-0.3, -0.25) is 9.59 Å². The summed E-state index contributed by atoms with van der Waals surface area (Å²) in [6.45, 7) is 5.18. The summed E-state index contributed by atoms with van der Waals surface area (Å²) in [5.74, 6) is 0.562. The van der Waals surface area contributed by atoms with E-state index >= 15 is 0 Å². The Morgan fingerprint density at radius 2 is 1.54 bits per heavy atom. The quantitative estimate of drug-likeness (QED) is 0.620. The molecule has 136 valence electrons. The Morgan fingerprint density at radius 3 is 1.79 bits per heavy atom. The summed E-state index contributed by atoms with van der Waals surface area (Å²) in [6.07, 6.45) is 2.82. The van der Waals surface area contributed by atoms with E-state index in [-0.39, 0.29) is 19.8 Å². The first-order valence-electron chi connectivity index (χ1n) is 7.87. The molecule has 0 atom stereocenters. The number of carbonyl (C=O) groups excluding carboxylic acids is 2. The lowest BCUT2D eigenvalue weighted by atomic mass is 9.88. The van der Waals surface area contributed by atoms with Crippen LogP contribution in [0.3, 0.4) is 0 Å². The van der Waals surface area contributed by atoms with Crippen molar-refractivity contribution in [3.63, 3.8) is 0 Å². The Hall–Kier alpha value is -1.76. The molecule has 3 N–H and O–H groups in total. The number of methoxy groups -OCH3 is 1. The molecule has 6 heteroatoms. The van der Waals surface area contributed by atoms with Crippen molar-refractivity contribution in [3.8, 4) is 5.75 Å². The molecule has 1 aromatic rings. The number of hydrogen-bond acceptors (Lipinski definition) is 6. The van der Waals surface area contributed by atoms with E-state index in [1.54, 1.807) is 6.07 Å². The van der Waals surface area contributed by atoms with Gasteiger partial charge in [0, 0.05) is 11.0 Å². The van der Waals surface area contributed by atoms with Crippen LogP contribution >= 0.6 is 0 Å². The summed E-state index contributed by atoms with van der Waals surface area (Å²) < 4.78 is 5.16. The molecule has 1 aromatic carbocycles. The molecule has 0 fully saturated rings. The number of rotatable bonds is 8. The lowest BCUT2D eigenvalue weighted by molar-refractivity contribution is 0.00304. The number of aliphatic hydroxyl groups excluding tert-OH is 3. The summed E-state index contributed by atoms with van der Waals surface area (Å²) in [6, 6.07) is 1.57. The Balaban J connectivity index is 0.000000506. The molecule has 0 aliphatic carbocycles. The smallest absolute Gasteiger partial charge is 0.153 e. The minimum absolute atomic E-state index is 0.156. The van der Waals surface area contributed by atoms with Gasteiger partial charge in [-0.15, -0.1) is 0 Å². The standard InChI is InChI=1S/C12H14O3.C6H14O3/c1-4-11-8(2)12(15-3)10(7-14)5-9(11)6-13;1-2-6(3-7,4-8)5-9/h5-7H,4H2,1-3H3;7-9H,2-5H2,1H3. The van der Waals surface area contributed by atoms with Crippen LogP contribution in [0.4, 0.5) is 0 Å². The van der Waals surface area contributed by atoms with Crippen LogP contribution in [0, 0.1) is 12.3 Å². The largest absolute Gasteiger partial charge is 0.496 e. The normalized spacial score (nSPS) is 10.6. The molecule has 24 heavy (non-hydrogen) atoms. The van der Waals surface area contributed by atoms with Crippen molar-refractivity contribution in [3.05, 3.63) is 28.3 Å². The second-order valence-electron chi connectivity index (χ2n) is 5.61. The molecule has 0 aliphatic heterocycles. The van der Waals surface area contributed by atoms with Crippen molar-refractivity contribution in [2.75, 3.05) is 26.9 Å². The Kier molecular flexibility index (Phi) is 10.1. The van der Waals surface area contributed by atoms with Gasteiger partial charge in [0.1, 0.15) is 12.0 Å². The monoisotopic (exact) mass is 340 g/mol. The van der Waals surface area contributed by atoms with E-state index in [4.69, 9.17) is 20.1 Å². The maximum atomic E-state index is 10.8. The van der Waals surface area contributed by atoms with Gasteiger partial charge in [0.25, 0.3) is 0 Å². The molecule has 1 rings (SSSR count). The van der Waals surface area contributed by atoms with Crippen molar-refractivity contribution >= 4 is 12.6 Å². The lowest BCUT2D eigenvalue weighted by Crippen LogP contribution is -2.32. The van der Waals surface area contributed by atoms with E-state index in [9.17, 15) is 9.59 Å². The molecule has 0 amide bonds. The van der Waals surface area contributed by atoms with Crippen molar-refractivity contribution < 1.29 is 29.6 Å². The van der Waals surface area contributed by atoms with E-state index in [1.807, 2.05) is 20.8 Å². The van der Waals surface area contributed by atoms with E-state index in [0.717, 1.165) is 23.8 Å². The van der Waals surface area contributed by atoms with Crippen molar-refractivity contribution in [2.45, 2.75) is 33.6 Å². The number of ether oxygens (including phenoxy) is 1. The fourth-order valence-electron chi connectivity index (χ4n) is 2.31. The average molecular weight is 340 g/mol. The number of carbonyl (C=O) groups is 2. The van der Waals surface area contributed by atoms with Crippen LogP contribution in [0.1, 0.15) is 52.1 Å². The van der Waals surface area contributed by atoms with Gasteiger partial charge < -0.3 is 20.1 Å². The summed E-state index contributed by atoms with van der Waals surface area (Å²) in [4.78, 5) is 21.7. The highest BCUT2D eigenvalue weighted by atomic mass is 16.5. The molecule has 0 radical (unpaired) electrons. The van der Waals surface area contributed by atoms with E-state index < -0.39 is 5.41 Å². The number of aliphatic hydroxyl groups is 3. The predicted molar refractivity (Wildman–Crippen MR) is 91.9 cm³/mol. The van der Waals surface area contributed by atoms with Crippen molar-refractivity contribution in [2.24, 2.45) is 5.41 Å². The summed E-state index contributed by atoms with van der Waals surface area (Å²) in [5, 5.41) is 26.0. The second-order valence-corrected chi connectivity index (χ2v) is 5.61. The van der Waals surface area contributed by atoms with Gasteiger partial charge in [-0.1, -0.05) is 13.8 Å². The summed E-state index contributed by atoms with van der Waals surface area (Å²) in [5.41, 5.74) is 2.13. The van der Waals surface area contributed by atoms with Gasteiger partial charge in [0.15, 0.2) is 6.29 Å². The second kappa shape index (κ2) is 10.9. The molecule has 0 saturated heterocycles. The molecule has 0 saturated carbocycles. The van der Waals surface area contributed by atoms with Crippen molar-refractivity contribution in [1.29, 1.82) is 0 Å². The van der Waals surface area contributed by atoms with Gasteiger partial charge in [0.05, 0.1) is 32.5 Å². The molecule has 0 aliphatic rings. The van der Waals surface area contributed by atoms with E-state index in [2.05, 4.69) is 0 Å². The fraction of sp³-hybridized carbons (Fsp3) is 0.556. The van der Waals surface area contributed by atoms with Crippen LogP contribution in [0.25, 0.3) is 0 Å². The maximum absolute atomic E-state index is 10.8. The Morgan fingerprint density at radius 1 is 1.04 bits per heavy atom. The van der Waals surface area contributed by atoms with Gasteiger partial charge in [-0.2, -0.15) is 0 Å². The van der Waals surface area contributed by atoms with Gasteiger partial charge >= 0.3 is 0 Å². The fourth-order valence-corrected chi connectivity index (χ4v) is 2.31. The third-order valence-electron chi connectivity index (χ3n) is 4.28. The Labute approximate surface area is 143 Å². The van der Waals surface area contributed by atoms with Crippen LogP contribution < -0.4 is 4.74 Å². The average Bonchev–Trinajstić information content (AvgIpc) is 2.63. The predicted octanol–water partition coefficient (Wildman–Crippen LogP) is 1.55. The number of aldehydes is 2. The van der Waals surface area contributed by atoms with E-state index in [0.29, 0.717) is 29.6 Å². The third kappa shape index (κ3) is 5.12. The molecule has 6 nitrogen and oxygen atoms in total. The highest BCUT2D eigenvalue weighted by Crippen LogP contribution is 2.28. The summed E-state index contributed by atoms with van der Waals surface area (Å²) in [7, 11) is 1.52. The molecular formula is C18H28O6. The van der Waals surface area contributed by atoms with Crippen LogP contribution in [-0.2, 0) is 6.42 Å². The highest BCUT2D eigenvalue weighted by Gasteiger charge is 2.24. The van der Waals surface area contributed by atoms with Crippen LogP contribution in [0.15, 0.2) is 6.07 Å². The molecule has 0 aromatic heterocycles. The number of benzene rings is 1. The first-order valence-corrected chi connectivity index (χ1v) is 7.87. The topological polar surface area (TPSA) is 104 Å². The third-order valence-corrected chi connectivity index (χ3v) is 4.28. The van der Waals surface area contributed by atoms with Gasteiger partial charge in [-0.05, 0) is 37.0 Å². The maximum Gasteiger partial charge on any atom is 0.153 e. The lowest BCUT2D eigenvalue weighted by Gasteiger charge is -2.24. The summed E-state index contributed by atoms with van der Waals surface area (Å²) >= 11 is 0. The van der Waals surface area contributed by atoms with Crippen LogP contribution in [0.5, 0.6) is 5.75 Å². The van der Waals surface area contributed by atoms with Crippen LogP contribution in [0.2, 0.25) is 0 Å². The number of hydrogen-bond donors (Lipinski definition) is 3. The van der Waals surface area contributed by atoms with Crippen LogP contribution in [-0.4, -0.2) is 54.8 Å². The molecular weight excluding hydrogens is 312 g/mol. The minimum Gasteiger partial charge on any atom is -0.496 e. The van der Waals surface area contributed by atoms with Crippen molar-refractivity contribution in [1.82, 2.24) is 0 Å². The Bertz CT molecular complexity index is 483. The van der Waals surface area contributed by atoms with Gasteiger partial charge in [-0.25, -0.2) is 0 Å². The zero-order valence-corrected chi connectivity index (χ0v) is 14.8. The molecule has 0 heterocycles. The van der Waals surface area contributed by atoms with E-state index in [1.165, 1.54) is 7.11 Å². The minimum atomic E-state index is -0.667. The van der Waals surface area contributed by atoms with Gasteiger partial charge in [0.2, 0.25) is 0 Å². The SMILES string of the molecule is CCC(CO)(CO)CO.CCc1c(C=O)cc(C=O)c(OC)c1C. The molecule has 0 bridgehead atoms. The zero-order valence-electron chi connectivity index (χ0n) is 14.8. The first-order chi connectivity index (χ1) is 11.4. The first kappa shape index (κ1) is 22.2. The molecule has 0 spiro atoms.